The van der Waals surface area contributed by atoms with E-state index in [2.05, 4.69) is 0 Å². The molecule has 5 rings (SSSR count). The molecule has 27 heavy (non-hydrogen) atoms. The summed E-state index contributed by atoms with van der Waals surface area (Å²) in [7, 11) is 0. The molecule has 0 saturated carbocycles. The molecule has 130 valence electrons. The van der Waals surface area contributed by atoms with Crippen molar-refractivity contribution in [1.29, 1.82) is 0 Å². The van der Waals surface area contributed by atoms with E-state index >= 15 is 0 Å². The van der Waals surface area contributed by atoms with Crippen molar-refractivity contribution in [2.75, 3.05) is 0 Å². The van der Waals surface area contributed by atoms with Gasteiger partial charge in [0.15, 0.2) is 0 Å². The number of ether oxygens (including phenoxy) is 1. The molecule has 0 fully saturated rings. The van der Waals surface area contributed by atoms with Crippen molar-refractivity contribution in [2.24, 2.45) is 0 Å². The normalized spacial score (nSPS) is 11.7. The average Bonchev–Trinajstić information content (AvgIpc) is 2.69. The Morgan fingerprint density at radius 2 is 1.56 bits per heavy atom. The lowest BCUT2D eigenvalue weighted by Gasteiger charge is -2.22. The Bertz CT molecular complexity index is 1250. The summed E-state index contributed by atoms with van der Waals surface area (Å²) in [6.45, 7) is 0. The van der Waals surface area contributed by atoms with Crippen LogP contribution in [0.1, 0.15) is 0 Å². The largest absolute Gasteiger partial charge is 0.456 e. The Morgan fingerprint density at radius 3 is 2.41 bits per heavy atom. The molecule has 0 spiro atoms. The van der Waals surface area contributed by atoms with E-state index in [1.807, 2.05) is 48.5 Å². The lowest BCUT2D eigenvalue weighted by Crippen LogP contribution is -1.98. The van der Waals surface area contributed by atoms with Crippen LogP contribution in [0.2, 0.25) is 5.02 Å². The number of halogens is 1. The van der Waals surface area contributed by atoms with Gasteiger partial charge in [0.2, 0.25) is 0 Å². The SMILES string of the molecule is O=[N+]([O-])c1ccccc1-c1ccc2c3c(cccc13)-c1cc(Cl)ccc1O2. The average molecular weight is 374 g/mol. The lowest BCUT2D eigenvalue weighted by atomic mass is 9.90. The van der Waals surface area contributed by atoms with Gasteiger partial charge in [-0.3, -0.25) is 10.1 Å². The highest BCUT2D eigenvalue weighted by Gasteiger charge is 2.23. The third-order valence-corrected chi connectivity index (χ3v) is 5.08. The minimum absolute atomic E-state index is 0.0818. The minimum atomic E-state index is -0.351. The second kappa shape index (κ2) is 5.83. The number of rotatable bonds is 2. The topological polar surface area (TPSA) is 52.4 Å². The van der Waals surface area contributed by atoms with Crippen LogP contribution in [0.5, 0.6) is 11.5 Å². The van der Waals surface area contributed by atoms with E-state index in [1.54, 1.807) is 18.2 Å². The molecule has 1 aliphatic rings. The zero-order valence-corrected chi connectivity index (χ0v) is 14.7. The Labute approximate surface area is 159 Å². The molecule has 0 aliphatic carbocycles. The van der Waals surface area contributed by atoms with Crippen LogP contribution in [-0.4, -0.2) is 4.92 Å². The molecule has 0 amide bonds. The zero-order valence-electron chi connectivity index (χ0n) is 14.0. The first-order valence-electron chi connectivity index (χ1n) is 8.41. The highest BCUT2D eigenvalue weighted by Crippen LogP contribution is 2.49. The van der Waals surface area contributed by atoms with Gasteiger partial charge in [-0.15, -0.1) is 0 Å². The number of para-hydroxylation sites is 1. The van der Waals surface area contributed by atoms with Crippen LogP contribution < -0.4 is 4.74 Å². The summed E-state index contributed by atoms with van der Waals surface area (Å²) in [5, 5.41) is 14.0. The quantitative estimate of drug-likeness (QED) is 0.251. The van der Waals surface area contributed by atoms with Crippen molar-refractivity contribution >= 4 is 28.1 Å². The highest BCUT2D eigenvalue weighted by atomic mass is 35.5. The van der Waals surface area contributed by atoms with Crippen LogP contribution in [0.4, 0.5) is 5.69 Å². The number of benzene rings is 4. The zero-order chi connectivity index (χ0) is 18.5. The Balaban J connectivity index is 1.86. The first kappa shape index (κ1) is 15.9. The van der Waals surface area contributed by atoms with Crippen LogP contribution in [0, 0.1) is 10.1 Å². The molecule has 4 nitrogen and oxygen atoms in total. The van der Waals surface area contributed by atoms with E-state index in [0.717, 1.165) is 39.0 Å². The van der Waals surface area contributed by atoms with Crippen molar-refractivity contribution in [2.45, 2.75) is 0 Å². The van der Waals surface area contributed by atoms with Crippen LogP contribution in [0.15, 0.2) is 72.8 Å². The monoisotopic (exact) mass is 373 g/mol. The molecule has 0 unspecified atom stereocenters. The fourth-order valence-corrected chi connectivity index (χ4v) is 3.87. The molecule has 0 saturated heterocycles. The number of hydrogen-bond acceptors (Lipinski definition) is 3. The van der Waals surface area contributed by atoms with Crippen molar-refractivity contribution in [3.63, 3.8) is 0 Å². The van der Waals surface area contributed by atoms with Gasteiger partial charge in [0.25, 0.3) is 5.69 Å². The van der Waals surface area contributed by atoms with Gasteiger partial charge < -0.3 is 4.74 Å². The summed E-state index contributed by atoms with van der Waals surface area (Å²) in [6, 6.07) is 22.0. The maximum absolute atomic E-state index is 11.5. The van der Waals surface area contributed by atoms with E-state index in [-0.39, 0.29) is 10.6 Å². The third-order valence-electron chi connectivity index (χ3n) is 4.85. The molecule has 0 aromatic heterocycles. The molecular formula is C22H12ClNO3. The smallest absolute Gasteiger partial charge is 0.277 e. The van der Waals surface area contributed by atoms with Gasteiger partial charge in [-0.25, -0.2) is 0 Å². The van der Waals surface area contributed by atoms with Gasteiger partial charge in [0, 0.05) is 22.0 Å². The highest BCUT2D eigenvalue weighted by molar-refractivity contribution is 6.31. The van der Waals surface area contributed by atoms with E-state index < -0.39 is 0 Å². The van der Waals surface area contributed by atoms with Crippen molar-refractivity contribution in [3.05, 3.63) is 87.9 Å². The fraction of sp³-hybridized carbons (Fsp3) is 0. The molecule has 1 heterocycles. The van der Waals surface area contributed by atoms with Gasteiger partial charge in [0.1, 0.15) is 11.5 Å². The first-order valence-corrected chi connectivity index (χ1v) is 8.78. The summed E-state index contributed by atoms with van der Waals surface area (Å²) >= 11 is 6.19. The molecule has 0 radical (unpaired) electrons. The molecule has 4 aromatic carbocycles. The third kappa shape index (κ3) is 2.38. The van der Waals surface area contributed by atoms with Gasteiger partial charge in [-0.1, -0.05) is 41.9 Å². The summed E-state index contributed by atoms with van der Waals surface area (Å²) < 4.78 is 6.08. The fourth-order valence-electron chi connectivity index (χ4n) is 3.70. The van der Waals surface area contributed by atoms with Crippen molar-refractivity contribution in [1.82, 2.24) is 0 Å². The molecule has 4 aromatic rings. The standard InChI is InChI=1S/C22H12ClNO3/c23-13-8-10-20-18(12-13)17-6-3-5-16-14(9-11-21(27-20)22(16)17)15-4-1-2-7-19(15)24(25)26/h1-12H. The summed E-state index contributed by atoms with van der Waals surface area (Å²) in [5.41, 5.74) is 3.39. The molecular weight excluding hydrogens is 362 g/mol. The maximum Gasteiger partial charge on any atom is 0.277 e. The number of nitro groups is 1. The van der Waals surface area contributed by atoms with Crippen LogP contribution in [-0.2, 0) is 0 Å². The van der Waals surface area contributed by atoms with E-state index in [9.17, 15) is 10.1 Å². The molecule has 0 bridgehead atoms. The maximum atomic E-state index is 11.5. The first-order chi connectivity index (χ1) is 13.1. The van der Waals surface area contributed by atoms with Crippen molar-refractivity contribution < 1.29 is 9.66 Å². The number of fused-ring (bicyclic) bond motifs is 2. The van der Waals surface area contributed by atoms with E-state index in [4.69, 9.17) is 16.3 Å². The van der Waals surface area contributed by atoms with Crippen molar-refractivity contribution in [3.8, 4) is 33.8 Å². The summed E-state index contributed by atoms with van der Waals surface area (Å²) in [6.07, 6.45) is 0. The second-order valence-electron chi connectivity index (χ2n) is 6.36. The van der Waals surface area contributed by atoms with Gasteiger partial charge >= 0.3 is 0 Å². The lowest BCUT2D eigenvalue weighted by molar-refractivity contribution is -0.384. The number of nitro benzene ring substituents is 1. The van der Waals surface area contributed by atoms with Crippen LogP contribution in [0.3, 0.4) is 0 Å². The predicted molar refractivity (Wildman–Crippen MR) is 107 cm³/mol. The molecule has 0 atom stereocenters. The van der Waals surface area contributed by atoms with Crippen LogP contribution >= 0.6 is 11.6 Å². The number of hydrogen-bond donors (Lipinski definition) is 0. The van der Waals surface area contributed by atoms with Crippen LogP contribution in [0.25, 0.3) is 33.0 Å². The van der Waals surface area contributed by atoms with E-state index in [0.29, 0.717) is 10.6 Å². The predicted octanol–water partition coefficient (Wildman–Crippen LogP) is 6.84. The van der Waals surface area contributed by atoms with E-state index in [1.165, 1.54) is 6.07 Å². The Morgan fingerprint density at radius 1 is 0.778 bits per heavy atom. The Kier molecular flexibility index (Phi) is 3.42. The minimum Gasteiger partial charge on any atom is -0.456 e. The van der Waals surface area contributed by atoms with Gasteiger partial charge in [0.05, 0.1) is 10.5 Å². The summed E-state index contributed by atoms with van der Waals surface area (Å²) in [4.78, 5) is 11.1. The summed E-state index contributed by atoms with van der Waals surface area (Å²) in [5.74, 6) is 1.48. The Hall–Kier alpha value is -3.37. The second-order valence-corrected chi connectivity index (χ2v) is 6.79. The molecule has 1 aliphatic heterocycles. The van der Waals surface area contributed by atoms with Gasteiger partial charge in [-0.2, -0.15) is 0 Å². The molecule has 5 heteroatoms. The van der Waals surface area contributed by atoms with Gasteiger partial charge in [-0.05, 0) is 52.9 Å². The number of nitrogens with zero attached hydrogens (tertiary/aromatic N) is 1. The molecule has 0 N–H and O–H groups in total.